The van der Waals surface area contributed by atoms with Gasteiger partial charge in [0.25, 0.3) is 0 Å². The molecule has 0 saturated heterocycles. The molecule has 1 aromatic rings. The summed E-state index contributed by atoms with van der Waals surface area (Å²) in [4.78, 5) is 4.24. The van der Waals surface area contributed by atoms with Crippen LogP contribution in [0.5, 0.6) is 0 Å². The molecule has 2 rings (SSSR count). The summed E-state index contributed by atoms with van der Waals surface area (Å²) in [5.74, 6) is 1.62. The van der Waals surface area contributed by atoms with Crippen molar-refractivity contribution in [3.05, 3.63) is 18.3 Å². The number of hydrogen-bond acceptors (Lipinski definition) is 4. The minimum absolute atomic E-state index is 0.547. The first-order valence-corrected chi connectivity index (χ1v) is 7.27. The predicted octanol–water partition coefficient (Wildman–Crippen LogP) is 2.87. The quantitative estimate of drug-likeness (QED) is 0.764. The molecule has 1 aliphatic rings. The lowest BCUT2D eigenvalue weighted by Gasteiger charge is -2.35. The summed E-state index contributed by atoms with van der Waals surface area (Å²) in [5.41, 5.74) is 0.465. The maximum atomic E-state index is 10.5. The molecular formula is C15H25N3O. The number of nitrogens with one attached hydrogen (secondary N) is 2. The van der Waals surface area contributed by atoms with Gasteiger partial charge >= 0.3 is 0 Å². The Hall–Kier alpha value is -1.29. The Bertz CT molecular complexity index is 400. The maximum absolute atomic E-state index is 10.5. The van der Waals surface area contributed by atoms with Gasteiger partial charge in [0.1, 0.15) is 5.82 Å². The second kappa shape index (κ2) is 6.24. The van der Waals surface area contributed by atoms with Gasteiger partial charge < -0.3 is 15.7 Å². The summed E-state index contributed by atoms with van der Waals surface area (Å²) >= 11 is 0. The number of hydrogen-bond donors (Lipinski definition) is 3. The largest absolute Gasteiger partial charge is 0.388 e. The van der Waals surface area contributed by atoms with Crippen LogP contribution in [0.15, 0.2) is 18.3 Å². The van der Waals surface area contributed by atoms with Crippen LogP contribution in [0, 0.1) is 5.92 Å². The summed E-state index contributed by atoms with van der Waals surface area (Å²) in [6, 6.07) is 3.92. The van der Waals surface area contributed by atoms with Crippen molar-refractivity contribution < 1.29 is 5.11 Å². The summed E-state index contributed by atoms with van der Waals surface area (Å²) in [7, 11) is 0. The van der Waals surface area contributed by atoms with E-state index in [4.69, 9.17) is 0 Å². The van der Waals surface area contributed by atoms with Crippen molar-refractivity contribution in [1.29, 1.82) is 0 Å². The molecule has 4 heteroatoms. The van der Waals surface area contributed by atoms with E-state index in [9.17, 15) is 5.11 Å². The highest BCUT2D eigenvalue weighted by Gasteiger charge is 2.31. The standard InChI is InChI=1S/C15H25N3O/c1-3-16-14-10-13(6-9-17-14)18-11-15(19)7-4-12(2)5-8-15/h6,9-10,12,19H,3-5,7-8,11H2,1-2H3,(H2,16,17,18). The monoisotopic (exact) mass is 263 g/mol. The Labute approximate surface area is 115 Å². The van der Waals surface area contributed by atoms with Crippen LogP contribution in [-0.4, -0.2) is 28.8 Å². The van der Waals surface area contributed by atoms with E-state index in [0.717, 1.165) is 49.7 Å². The molecule has 0 atom stereocenters. The van der Waals surface area contributed by atoms with Crippen LogP contribution in [-0.2, 0) is 0 Å². The first kappa shape index (κ1) is 14.1. The van der Waals surface area contributed by atoms with Crippen molar-refractivity contribution in [2.45, 2.75) is 45.1 Å². The number of aromatic nitrogens is 1. The Morgan fingerprint density at radius 3 is 2.79 bits per heavy atom. The lowest BCUT2D eigenvalue weighted by Crippen LogP contribution is -2.40. The van der Waals surface area contributed by atoms with Crippen LogP contribution < -0.4 is 10.6 Å². The van der Waals surface area contributed by atoms with Gasteiger partial charge in [0, 0.05) is 31.0 Å². The number of aliphatic hydroxyl groups is 1. The SMILES string of the molecule is CCNc1cc(NCC2(O)CCC(C)CC2)ccn1. The first-order chi connectivity index (χ1) is 9.11. The zero-order valence-corrected chi connectivity index (χ0v) is 11.9. The molecule has 1 aromatic heterocycles. The first-order valence-electron chi connectivity index (χ1n) is 7.27. The molecule has 1 aliphatic carbocycles. The average molecular weight is 263 g/mol. The molecule has 106 valence electrons. The Kier molecular flexibility index (Phi) is 4.64. The summed E-state index contributed by atoms with van der Waals surface area (Å²) < 4.78 is 0. The highest BCUT2D eigenvalue weighted by molar-refractivity contribution is 5.51. The van der Waals surface area contributed by atoms with E-state index in [1.807, 2.05) is 19.1 Å². The third-order valence-electron chi connectivity index (χ3n) is 3.94. The zero-order valence-electron chi connectivity index (χ0n) is 11.9. The van der Waals surface area contributed by atoms with Gasteiger partial charge in [-0.1, -0.05) is 6.92 Å². The fraction of sp³-hybridized carbons (Fsp3) is 0.667. The topological polar surface area (TPSA) is 57.2 Å². The van der Waals surface area contributed by atoms with Crippen LogP contribution in [0.2, 0.25) is 0 Å². The molecule has 19 heavy (non-hydrogen) atoms. The van der Waals surface area contributed by atoms with Crippen molar-refractivity contribution in [3.63, 3.8) is 0 Å². The number of pyridine rings is 1. The third-order valence-corrected chi connectivity index (χ3v) is 3.94. The predicted molar refractivity (Wildman–Crippen MR) is 79.5 cm³/mol. The van der Waals surface area contributed by atoms with E-state index >= 15 is 0 Å². The van der Waals surface area contributed by atoms with Gasteiger partial charge in [-0.25, -0.2) is 4.98 Å². The normalized spacial score (nSPS) is 27.0. The minimum Gasteiger partial charge on any atom is -0.388 e. The highest BCUT2D eigenvalue weighted by atomic mass is 16.3. The molecular weight excluding hydrogens is 238 g/mol. The molecule has 1 fully saturated rings. The number of rotatable bonds is 5. The zero-order chi connectivity index (χ0) is 13.7. The lowest BCUT2D eigenvalue weighted by molar-refractivity contribution is 0.00501. The van der Waals surface area contributed by atoms with Crippen LogP contribution in [0.1, 0.15) is 39.5 Å². The van der Waals surface area contributed by atoms with E-state index in [0.29, 0.717) is 6.54 Å². The highest BCUT2D eigenvalue weighted by Crippen LogP contribution is 2.32. The van der Waals surface area contributed by atoms with Gasteiger partial charge in [-0.2, -0.15) is 0 Å². The second-order valence-electron chi connectivity index (χ2n) is 5.72. The Balaban J connectivity index is 1.89. The van der Waals surface area contributed by atoms with E-state index in [1.54, 1.807) is 6.20 Å². The average Bonchev–Trinajstić information content (AvgIpc) is 2.41. The Morgan fingerprint density at radius 1 is 1.37 bits per heavy atom. The molecule has 3 N–H and O–H groups in total. The fourth-order valence-corrected chi connectivity index (χ4v) is 2.56. The van der Waals surface area contributed by atoms with Crippen LogP contribution >= 0.6 is 0 Å². The molecule has 0 amide bonds. The molecule has 1 heterocycles. The molecule has 1 saturated carbocycles. The minimum atomic E-state index is -0.547. The van der Waals surface area contributed by atoms with Gasteiger partial charge in [0.15, 0.2) is 0 Å². The fourth-order valence-electron chi connectivity index (χ4n) is 2.56. The van der Waals surface area contributed by atoms with Crippen molar-refractivity contribution in [2.24, 2.45) is 5.92 Å². The van der Waals surface area contributed by atoms with Gasteiger partial charge in [0.05, 0.1) is 5.60 Å². The molecule has 0 bridgehead atoms. The van der Waals surface area contributed by atoms with Crippen molar-refractivity contribution in [3.8, 4) is 0 Å². The van der Waals surface area contributed by atoms with Gasteiger partial charge in [-0.15, -0.1) is 0 Å². The van der Waals surface area contributed by atoms with E-state index < -0.39 is 5.60 Å². The Morgan fingerprint density at radius 2 is 2.11 bits per heavy atom. The van der Waals surface area contributed by atoms with E-state index in [2.05, 4.69) is 22.5 Å². The van der Waals surface area contributed by atoms with E-state index in [1.165, 1.54) is 0 Å². The number of anilines is 2. The third kappa shape index (κ3) is 4.10. The molecule has 0 radical (unpaired) electrons. The van der Waals surface area contributed by atoms with Gasteiger partial charge in [-0.3, -0.25) is 0 Å². The molecule has 0 unspecified atom stereocenters. The molecule has 4 nitrogen and oxygen atoms in total. The van der Waals surface area contributed by atoms with Crippen LogP contribution in [0.4, 0.5) is 11.5 Å². The summed E-state index contributed by atoms with van der Waals surface area (Å²) in [6.07, 6.45) is 5.82. The molecule has 0 spiro atoms. The summed E-state index contributed by atoms with van der Waals surface area (Å²) in [6.45, 7) is 5.79. The lowest BCUT2D eigenvalue weighted by atomic mass is 9.79. The van der Waals surface area contributed by atoms with Crippen molar-refractivity contribution in [1.82, 2.24) is 4.98 Å². The van der Waals surface area contributed by atoms with E-state index in [-0.39, 0.29) is 0 Å². The van der Waals surface area contributed by atoms with Crippen molar-refractivity contribution in [2.75, 3.05) is 23.7 Å². The van der Waals surface area contributed by atoms with Gasteiger partial charge in [0.2, 0.25) is 0 Å². The maximum Gasteiger partial charge on any atom is 0.127 e. The van der Waals surface area contributed by atoms with Crippen LogP contribution in [0.3, 0.4) is 0 Å². The number of nitrogens with zero attached hydrogens (tertiary/aromatic N) is 1. The second-order valence-corrected chi connectivity index (χ2v) is 5.72. The smallest absolute Gasteiger partial charge is 0.127 e. The van der Waals surface area contributed by atoms with Crippen molar-refractivity contribution >= 4 is 11.5 Å². The van der Waals surface area contributed by atoms with Gasteiger partial charge in [-0.05, 0) is 44.6 Å². The summed E-state index contributed by atoms with van der Waals surface area (Å²) in [5, 5.41) is 17.1. The molecule has 0 aliphatic heterocycles. The van der Waals surface area contributed by atoms with Crippen LogP contribution in [0.25, 0.3) is 0 Å². The molecule has 0 aromatic carbocycles.